The number of nitro benzene ring substituents is 1. The fourth-order valence-electron chi connectivity index (χ4n) is 3.62. The zero-order valence-corrected chi connectivity index (χ0v) is 18.9. The van der Waals surface area contributed by atoms with Gasteiger partial charge in [-0.25, -0.2) is 13.4 Å². The summed E-state index contributed by atoms with van der Waals surface area (Å²) in [6, 6.07) is 8.24. The van der Waals surface area contributed by atoms with Crippen LogP contribution in [0.1, 0.15) is 18.4 Å². The lowest BCUT2D eigenvalue weighted by atomic mass is 10.2. The second kappa shape index (κ2) is 8.45. The molecule has 1 fully saturated rings. The Labute approximate surface area is 188 Å². The van der Waals surface area contributed by atoms with Gasteiger partial charge in [0.1, 0.15) is 11.6 Å². The summed E-state index contributed by atoms with van der Waals surface area (Å²) < 4.78 is 33.1. The summed E-state index contributed by atoms with van der Waals surface area (Å²) in [6.45, 7) is 2.11. The molecule has 0 bridgehead atoms. The highest BCUT2D eigenvalue weighted by atomic mass is 32.2. The quantitative estimate of drug-likeness (QED) is 0.426. The average Bonchev–Trinajstić information content (AvgIpc) is 3.40. The van der Waals surface area contributed by atoms with Gasteiger partial charge in [-0.15, -0.1) is 0 Å². The van der Waals surface area contributed by atoms with Crippen LogP contribution in [0.15, 0.2) is 41.3 Å². The molecule has 1 saturated heterocycles. The van der Waals surface area contributed by atoms with Gasteiger partial charge in [0, 0.05) is 12.6 Å². The minimum Gasteiger partial charge on any atom is -0.494 e. The van der Waals surface area contributed by atoms with Gasteiger partial charge in [-0.05, 0) is 31.9 Å². The summed E-state index contributed by atoms with van der Waals surface area (Å²) >= 11 is 1.06. The van der Waals surface area contributed by atoms with Crippen LogP contribution < -0.4 is 10.1 Å². The third kappa shape index (κ3) is 4.04. The Balaban J connectivity index is 1.60. The number of carbonyl (C=O) groups excluding carboxylic acids is 1. The van der Waals surface area contributed by atoms with E-state index in [9.17, 15) is 23.3 Å². The zero-order chi connectivity index (χ0) is 23.0. The van der Waals surface area contributed by atoms with Gasteiger partial charge in [-0.1, -0.05) is 29.0 Å². The lowest BCUT2D eigenvalue weighted by Crippen LogP contribution is -2.43. The van der Waals surface area contributed by atoms with Crippen LogP contribution in [0.25, 0.3) is 10.2 Å². The van der Waals surface area contributed by atoms with Crippen molar-refractivity contribution in [3.8, 4) is 5.75 Å². The van der Waals surface area contributed by atoms with Gasteiger partial charge in [0.15, 0.2) is 10.9 Å². The average molecular weight is 477 g/mol. The van der Waals surface area contributed by atoms with E-state index in [4.69, 9.17) is 4.74 Å². The Hall–Kier alpha value is -3.09. The molecule has 1 aliphatic rings. The molecule has 4 rings (SSSR count). The number of nitrogens with one attached hydrogen (secondary N) is 1. The van der Waals surface area contributed by atoms with Gasteiger partial charge in [0.25, 0.3) is 5.69 Å². The number of aromatic nitrogens is 1. The van der Waals surface area contributed by atoms with E-state index in [-0.39, 0.29) is 28.0 Å². The molecule has 1 aromatic heterocycles. The predicted molar refractivity (Wildman–Crippen MR) is 120 cm³/mol. The van der Waals surface area contributed by atoms with Crippen LogP contribution in [0, 0.1) is 17.0 Å². The number of rotatable bonds is 6. The Morgan fingerprint density at radius 2 is 2.03 bits per heavy atom. The molecule has 0 saturated carbocycles. The molecule has 32 heavy (non-hydrogen) atoms. The third-order valence-corrected chi connectivity index (χ3v) is 8.08. The number of carbonyl (C=O) groups is 1. The Morgan fingerprint density at radius 3 is 2.69 bits per heavy atom. The maximum atomic E-state index is 13.1. The first-order valence-corrected chi connectivity index (χ1v) is 12.0. The first-order chi connectivity index (χ1) is 15.2. The first kappa shape index (κ1) is 22.1. The van der Waals surface area contributed by atoms with Crippen molar-refractivity contribution in [3.63, 3.8) is 0 Å². The summed E-state index contributed by atoms with van der Waals surface area (Å²) in [5, 5.41) is 14.0. The topological polar surface area (TPSA) is 132 Å². The van der Waals surface area contributed by atoms with Gasteiger partial charge in [0.05, 0.1) is 27.7 Å². The maximum absolute atomic E-state index is 13.1. The molecule has 168 valence electrons. The van der Waals surface area contributed by atoms with Gasteiger partial charge in [0.2, 0.25) is 15.9 Å². The highest BCUT2D eigenvalue weighted by Gasteiger charge is 2.39. The number of thiazole rings is 1. The molecule has 2 heterocycles. The molecule has 3 aromatic rings. The molecule has 1 aliphatic heterocycles. The SMILES string of the molecule is COc1cc([N+](=O)[O-])cc2sc(NC(=O)C3CCCN3S(=O)(=O)c3ccc(C)cc3)nc12. The van der Waals surface area contributed by atoms with Gasteiger partial charge in [-0.2, -0.15) is 4.31 Å². The number of hydrogen-bond acceptors (Lipinski definition) is 8. The number of fused-ring (bicyclic) bond motifs is 1. The number of anilines is 1. The molecule has 0 spiro atoms. The van der Waals surface area contributed by atoms with E-state index >= 15 is 0 Å². The summed E-state index contributed by atoms with van der Waals surface area (Å²) in [5.41, 5.74) is 1.17. The third-order valence-electron chi connectivity index (χ3n) is 5.24. The number of amides is 1. The largest absolute Gasteiger partial charge is 0.494 e. The number of benzene rings is 2. The normalized spacial score (nSPS) is 16.9. The molecule has 12 heteroatoms. The van der Waals surface area contributed by atoms with Crippen molar-refractivity contribution in [2.24, 2.45) is 0 Å². The van der Waals surface area contributed by atoms with Crippen LogP contribution in [0.3, 0.4) is 0 Å². The van der Waals surface area contributed by atoms with Crippen molar-refractivity contribution < 1.29 is 22.9 Å². The fourth-order valence-corrected chi connectivity index (χ4v) is 6.20. The van der Waals surface area contributed by atoms with Crippen molar-refractivity contribution in [2.75, 3.05) is 19.0 Å². The number of nitrogens with zero attached hydrogens (tertiary/aromatic N) is 3. The summed E-state index contributed by atoms with van der Waals surface area (Å²) in [5.74, 6) is -0.277. The molecule has 1 unspecified atom stereocenters. The monoisotopic (exact) mass is 476 g/mol. The molecule has 1 N–H and O–H groups in total. The van der Waals surface area contributed by atoms with Crippen molar-refractivity contribution in [3.05, 3.63) is 52.1 Å². The van der Waals surface area contributed by atoms with Crippen molar-refractivity contribution in [2.45, 2.75) is 30.7 Å². The number of non-ortho nitro benzene ring substituents is 1. The molecule has 0 radical (unpaired) electrons. The van der Waals surface area contributed by atoms with Crippen LogP contribution in [0.5, 0.6) is 5.75 Å². The van der Waals surface area contributed by atoms with Crippen molar-refractivity contribution in [1.29, 1.82) is 0 Å². The Morgan fingerprint density at radius 1 is 1.31 bits per heavy atom. The van der Waals surface area contributed by atoms with E-state index in [2.05, 4.69) is 10.3 Å². The molecule has 10 nitrogen and oxygen atoms in total. The van der Waals surface area contributed by atoms with Gasteiger partial charge < -0.3 is 10.1 Å². The lowest BCUT2D eigenvalue weighted by Gasteiger charge is -2.23. The summed E-state index contributed by atoms with van der Waals surface area (Å²) in [6.07, 6.45) is 0.944. The highest BCUT2D eigenvalue weighted by molar-refractivity contribution is 7.89. The second-order valence-corrected chi connectivity index (χ2v) is 10.3. The number of methoxy groups -OCH3 is 1. The van der Waals surface area contributed by atoms with Crippen LogP contribution >= 0.6 is 11.3 Å². The van der Waals surface area contributed by atoms with E-state index in [1.54, 1.807) is 12.1 Å². The predicted octanol–water partition coefficient (Wildman–Crippen LogP) is 3.31. The van der Waals surface area contributed by atoms with Gasteiger partial charge >= 0.3 is 0 Å². The first-order valence-electron chi connectivity index (χ1n) is 9.73. The lowest BCUT2D eigenvalue weighted by molar-refractivity contribution is -0.384. The molecular formula is C20H20N4O6S2. The molecule has 0 aliphatic carbocycles. The minimum atomic E-state index is -3.83. The van der Waals surface area contributed by atoms with E-state index in [1.807, 2.05) is 6.92 Å². The second-order valence-electron chi connectivity index (χ2n) is 7.35. The number of hydrogen-bond donors (Lipinski definition) is 1. The zero-order valence-electron chi connectivity index (χ0n) is 17.3. The number of aryl methyl sites for hydroxylation is 1. The number of sulfonamides is 1. The maximum Gasteiger partial charge on any atom is 0.274 e. The van der Waals surface area contributed by atoms with Crippen molar-refractivity contribution in [1.82, 2.24) is 9.29 Å². The van der Waals surface area contributed by atoms with E-state index in [0.29, 0.717) is 23.1 Å². The number of ether oxygens (including phenoxy) is 1. The number of nitro groups is 1. The molecule has 1 amide bonds. The van der Waals surface area contributed by atoms with Crippen LogP contribution in [-0.4, -0.2) is 48.2 Å². The van der Waals surface area contributed by atoms with Crippen LogP contribution in [-0.2, 0) is 14.8 Å². The Kier molecular flexibility index (Phi) is 5.84. The summed E-state index contributed by atoms with van der Waals surface area (Å²) in [7, 11) is -2.45. The Bertz CT molecular complexity index is 1300. The van der Waals surface area contributed by atoms with E-state index in [1.165, 1.54) is 35.7 Å². The molecule has 2 aromatic carbocycles. The minimum absolute atomic E-state index is 0.139. The smallest absolute Gasteiger partial charge is 0.274 e. The fraction of sp³-hybridized carbons (Fsp3) is 0.300. The van der Waals surface area contributed by atoms with Gasteiger partial charge in [-0.3, -0.25) is 14.9 Å². The van der Waals surface area contributed by atoms with E-state index < -0.39 is 26.9 Å². The van der Waals surface area contributed by atoms with Crippen LogP contribution in [0.2, 0.25) is 0 Å². The molecular weight excluding hydrogens is 456 g/mol. The van der Waals surface area contributed by atoms with Crippen LogP contribution in [0.4, 0.5) is 10.8 Å². The molecule has 1 atom stereocenters. The summed E-state index contributed by atoms with van der Waals surface area (Å²) in [4.78, 5) is 28.0. The highest BCUT2D eigenvalue weighted by Crippen LogP contribution is 2.36. The van der Waals surface area contributed by atoms with Crippen molar-refractivity contribution >= 4 is 48.3 Å². The standard InChI is InChI=1S/C20H20N4O6S2/c1-12-5-7-14(8-6-12)32(28,29)23-9-3-4-15(23)19(25)22-20-21-18-16(30-2)10-13(24(26)27)11-17(18)31-20/h5-8,10-11,15H,3-4,9H2,1-2H3,(H,21,22,25). The van der Waals surface area contributed by atoms with E-state index in [0.717, 1.165) is 16.9 Å².